The third kappa shape index (κ3) is 2.45. The maximum atomic E-state index is 4.80. The average molecular weight is 419 g/mol. The Balaban J connectivity index is 1.49. The van der Waals surface area contributed by atoms with Crippen molar-refractivity contribution in [2.75, 3.05) is 0 Å². The fourth-order valence-electron chi connectivity index (χ4n) is 3.70. The van der Waals surface area contributed by atoms with E-state index in [2.05, 4.69) is 25.0 Å². The normalized spacial score (nSPS) is 11.8. The second-order valence-electron chi connectivity index (χ2n) is 7.14. The maximum absolute atomic E-state index is 4.80. The monoisotopic (exact) mass is 419 g/mol. The number of pyridine rings is 1. The van der Waals surface area contributed by atoms with Crippen LogP contribution in [-0.4, -0.2) is 53.1 Å². The summed E-state index contributed by atoms with van der Waals surface area (Å²) in [6.45, 7) is 0. The van der Waals surface area contributed by atoms with E-state index in [1.807, 2.05) is 70.0 Å². The molecule has 0 aliphatic rings. The highest BCUT2D eigenvalue weighted by atomic mass is 15.4. The summed E-state index contributed by atoms with van der Waals surface area (Å²) < 4.78 is 7.16. The van der Waals surface area contributed by atoms with Gasteiger partial charge in [-0.05, 0) is 30.3 Å². The minimum Gasteiger partial charge on any atom is -0.304 e. The minimum atomic E-state index is 0.451. The third-order valence-electron chi connectivity index (χ3n) is 5.16. The second-order valence-corrected chi connectivity index (χ2v) is 7.14. The lowest BCUT2D eigenvalue weighted by molar-refractivity contribution is 0.866. The molecule has 0 fully saturated rings. The van der Waals surface area contributed by atoms with Crippen molar-refractivity contribution in [1.29, 1.82) is 0 Å². The summed E-state index contributed by atoms with van der Waals surface area (Å²) in [5, 5.41) is 9.09. The van der Waals surface area contributed by atoms with Crippen LogP contribution in [-0.2, 0) is 0 Å². The van der Waals surface area contributed by atoms with E-state index in [-0.39, 0.29) is 0 Å². The Bertz CT molecular complexity index is 1680. The molecule has 7 aromatic heterocycles. The molecular weight excluding hydrogens is 406 g/mol. The van der Waals surface area contributed by atoms with Crippen molar-refractivity contribution in [2.24, 2.45) is 0 Å². The highest BCUT2D eigenvalue weighted by Gasteiger charge is 2.22. The van der Waals surface area contributed by atoms with Gasteiger partial charge in [-0.1, -0.05) is 6.07 Å². The average Bonchev–Trinajstić information content (AvgIpc) is 3.61. The van der Waals surface area contributed by atoms with Gasteiger partial charge in [-0.3, -0.25) is 4.40 Å². The molecular formula is C21H13N11. The first-order valence-electron chi connectivity index (χ1n) is 9.83. The van der Waals surface area contributed by atoms with Gasteiger partial charge in [0, 0.05) is 31.0 Å². The van der Waals surface area contributed by atoms with E-state index in [0.717, 1.165) is 5.52 Å². The fourth-order valence-corrected chi connectivity index (χ4v) is 3.70. The maximum Gasteiger partial charge on any atom is 0.234 e. The molecule has 7 rings (SSSR count). The Hall–Kier alpha value is -4.93. The predicted octanol–water partition coefficient (Wildman–Crippen LogP) is 2.33. The summed E-state index contributed by atoms with van der Waals surface area (Å²) in [7, 11) is 0. The lowest BCUT2D eigenvalue weighted by Crippen LogP contribution is -2.01. The van der Waals surface area contributed by atoms with E-state index in [4.69, 9.17) is 10.1 Å². The van der Waals surface area contributed by atoms with Crippen molar-refractivity contribution in [3.63, 3.8) is 0 Å². The van der Waals surface area contributed by atoms with E-state index in [9.17, 15) is 0 Å². The molecule has 11 heteroatoms. The molecule has 0 spiro atoms. The van der Waals surface area contributed by atoms with Crippen molar-refractivity contribution >= 4 is 16.9 Å². The van der Waals surface area contributed by atoms with Crippen molar-refractivity contribution in [3.05, 3.63) is 79.9 Å². The number of hydrogen-bond donors (Lipinski definition) is 0. The number of nitrogens with zero attached hydrogens (tertiary/aromatic N) is 11. The minimum absolute atomic E-state index is 0.451. The first-order chi connectivity index (χ1) is 15.8. The summed E-state index contributed by atoms with van der Waals surface area (Å²) in [6, 6.07) is 11.5. The summed E-state index contributed by atoms with van der Waals surface area (Å²) in [6.07, 6.45) is 12.6. The highest BCUT2D eigenvalue weighted by Crippen LogP contribution is 2.26. The Morgan fingerprint density at radius 1 is 0.750 bits per heavy atom. The molecule has 32 heavy (non-hydrogen) atoms. The smallest absolute Gasteiger partial charge is 0.234 e. The van der Waals surface area contributed by atoms with Crippen molar-refractivity contribution in [1.82, 2.24) is 53.1 Å². The first-order valence-corrected chi connectivity index (χ1v) is 9.83. The molecule has 0 atom stereocenters. The Kier molecular flexibility index (Phi) is 3.30. The van der Waals surface area contributed by atoms with Crippen molar-refractivity contribution in [3.8, 4) is 28.9 Å². The Morgan fingerprint density at radius 2 is 1.72 bits per heavy atom. The molecule has 0 N–H and O–H groups in total. The van der Waals surface area contributed by atoms with Crippen LogP contribution in [0.5, 0.6) is 0 Å². The number of fused-ring (bicyclic) bond motifs is 3. The van der Waals surface area contributed by atoms with Crippen LogP contribution in [0.25, 0.3) is 45.8 Å². The third-order valence-corrected chi connectivity index (χ3v) is 5.16. The van der Waals surface area contributed by atoms with Gasteiger partial charge >= 0.3 is 0 Å². The first kappa shape index (κ1) is 16.8. The number of imidazole rings is 3. The van der Waals surface area contributed by atoms with Gasteiger partial charge in [0.1, 0.15) is 17.7 Å². The zero-order valence-corrected chi connectivity index (χ0v) is 16.4. The molecule has 0 unspecified atom stereocenters. The topological polar surface area (TPSA) is 108 Å². The molecule has 0 aliphatic heterocycles. The standard InChI is InChI=1S/C21H13N11/c1-2-9-30-13-23-20(16(30)5-1)32-19(15-12-31-17(25-15)6-3-8-24-31)27-18(28-32)14-11-29-10-4-7-22-21(29)26-14/h1-13H. The highest BCUT2D eigenvalue weighted by molar-refractivity contribution is 5.67. The van der Waals surface area contributed by atoms with Crippen LogP contribution < -0.4 is 0 Å². The van der Waals surface area contributed by atoms with Crippen LogP contribution in [0.15, 0.2) is 79.9 Å². The molecule has 7 aromatic rings. The molecule has 0 aliphatic carbocycles. The SMILES string of the molecule is c1ccn2cnc(-n3nc(-c4cn5cccnc5n4)nc3-c3cn4ncccc4n3)c2c1. The molecule has 0 saturated carbocycles. The van der Waals surface area contributed by atoms with Crippen molar-refractivity contribution in [2.45, 2.75) is 0 Å². The van der Waals surface area contributed by atoms with Gasteiger partial charge in [0.25, 0.3) is 0 Å². The molecule has 0 bridgehead atoms. The van der Waals surface area contributed by atoms with E-state index in [0.29, 0.717) is 40.3 Å². The van der Waals surface area contributed by atoms with Crippen LogP contribution in [0.1, 0.15) is 0 Å². The van der Waals surface area contributed by atoms with Gasteiger partial charge in [-0.25, -0.2) is 29.4 Å². The summed E-state index contributed by atoms with van der Waals surface area (Å²) in [4.78, 5) is 22.9. The van der Waals surface area contributed by atoms with Crippen molar-refractivity contribution < 1.29 is 0 Å². The quantitative estimate of drug-likeness (QED) is 0.432. The van der Waals surface area contributed by atoms with Gasteiger partial charge in [-0.15, -0.1) is 5.10 Å². The summed E-state index contributed by atoms with van der Waals surface area (Å²) >= 11 is 0. The molecule has 152 valence electrons. The lowest BCUT2D eigenvalue weighted by atomic mass is 10.4. The van der Waals surface area contributed by atoms with E-state index in [1.165, 1.54) is 0 Å². The Morgan fingerprint density at radius 3 is 2.66 bits per heavy atom. The van der Waals surface area contributed by atoms with Gasteiger partial charge < -0.3 is 4.40 Å². The van der Waals surface area contributed by atoms with E-state index < -0.39 is 0 Å². The van der Waals surface area contributed by atoms with Gasteiger partial charge in [-0.2, -0.15) is 9.78 Å². The van der Waals surface area contributed by atoms with E-state index >= 15 is 0 Å². The zero-order valence-electron chi connectivity index (χ0n) is 16.4. The van der Waals surface area contributed by atoms with Crippen LogP contribution in [0, 0.1) is 0 Å². The number of rotatable bonds is 3. The summed E-state index contributed by atoms with van der Waals surface area (Å²) in [5.41, 5.74) is 2.84. The zero-order chi connectivity index (χ0) is 21.1. The fraction of sp³-hybridized carbons (Fsp3) is 0. The molecule has 11 nitrogen and oxygen atoms in total. The predicted molar refractivity (Wildman–Crippen MR) is 114 cm³/mol. The molecule has 0 saturated heterocycles. The number of hydrogen-bond acceptors (Lipinski definition) is 7. The van der Waals surface area contributed by atoms with E-state index in [1.54, 1.807) is 27.9 Å². The Labute approximate surface area is 179 Å². The van der Waals surface area contributed by atoms with Crippen LogP contribution in [0.2, 0.25) is 0 Å². The largest absolute Gasteiger partial charge is 0.304 e. The van der Waals surface area contributed by atoms with Gasteiger partial charge in [0.2, 0.25) is 11.6 Å². The van der Waals surface area contributed by atoms with Crippen LogP contribution in [0.3, 0.4) is 0 Å². The van der Waals surface area contributed by atoms with Crippen LogP contribution >= 0.6 is 0 Å². The molecule has 0 amide bonds. The van der Waals surface area contributed by atoms with Gasteiger partial charge in [0.15, 0.2) is 17.3 Å². The lowest BCUT2D eigenvalue weighted by Gasteiger charge is -2.01. The second kappa shape index (κ2) is 6.28. The van der Waals surface area contributed by atoms with Crippen LogP contribution in [0.4, 0.5) is 0 Å². The molecule has 0 aromatic carbocycles. The molecule has 0 radical (unpaired) electrons. The number of aromatic nitrogens is 11. The summed E-state index contributed by atoms with van der Waals surface area (Å²) in [5.74, 6) is 2.21. The molecule has 7 heterocycles. The van der Waals surface area contributed by atoms with Gasteiger partial charge in [0.05, 0.1) is 11.7 Å².